The van der Waals surface area contributed by atoms with E-state index in [2.05, 4.69) is 12.1 Å². The van der Waals surface area contributed by atoms with Crippen LogP contribution in [0.3, 0.4) is 0 Å². The Morgan fingerprint density at radius 2 is 1.36 bits per heavy atom. The summed E-state index contributed by atoms with van der Waals surface area (Å²) in [5.41, 5.74) is 5.27. The van der Waals surface area contributed by atoms with Gasteiger partial charge in [0, 0.05) is 11.6 Å². The van der Waals surface area contributed by atoms with Gasteiger partial charge in [-0.1, -0.05) is 78.9 Å². The predicted octanol–water partition coefficient (Wildman–Crippen LogP) is 6.28. The molecular weight excluding hydrogens is 454 g/mol. The number of anilines is 1. The first-order valence-electron chi connectivity index (χ1n) is 11.6. The zero-order chi connectivity index (χ0) is 25.1. The summed E-state index contributed by atoms with van der Waals surface area (Å²) in [4.78, 5) is 27.2. The summed E-state index contributed by atoms with van der Waals surface area (Å²) >= 11 is 0. The van der Waals surface area contributed by atoms with Gasteiger partial charge in [-0.25, -0.2) is 9.59 Å². The molecule has 1 unspecified atom stereocenters. The largest absolute Gasteiger partial charge is 0.497 e. The van der Waals surface area contributed by atoms with Crippen LogP contribution in [0.5, 0.6) is 5.75 Å². The molecule has 1 aliphatic rings. The van der Waals surface area contributed by atoms with E-state index in [-0.39, 0.29) is 12.5 Å². The summed E-state index contributed by atoms with van der Waals surface area (Å²) in [7, 11) is 1.54. The Morgan fingerprint density at radius 1 is 0.806 bits per heavy atom. The van der Waals surface area contributed by atoms with Crippen LogP contribution in [0.25, 0.3) is 11.1 Å². The molecule has 0 spiro atoms. The van der Waals surface area contributed by atoms with Gasteiger partial charge in [-0.2, -0.15) is 0 Å². The second-order valence-corrected chi connectivity index (χ2v) is 8.52. The number of rotatable bonds is 7. The minimum Gasteiger partial charge on any atom is -0.497 e. The minimum atomic E-state index is -1.27. The number of amides is 1. The quantitative estimate of drug-likeness (QED) is 0.338. The monoisotopic (exact) mass is 479 g/mol. The maximum atomic E-state index is 13.6. The van der Waals surface area contributed by atoms with E-state index in [4.69, 9.17) is 9.47 Å². The Labute approximate surface area is 209 Å². The standard InChI is InChI=1S/C30H25NO5/c1-35-22-17-15-21(16-18-22)31(28(29(32)33)20-9-3-2-4-10-20)30(34)36-19-27-25-13-7-5-11-23(25)24-12-6-8-14-26(24)27/h2-18,27-28H,19H2,1H3,(H,32,33). The van der Waals surface area contributed by atoms with E-state index >= 15 is 0 Å². The van der Waals surface area contributed by atoms with Gasteiger partial charge in [-0.15, -0.1) is 0 Å². The second-order valence-electron chi connectivity index (χ2n) is 8.52. The summed E-state index contributed by atoms with van der Waals surface area (Å²) in [5, 5.41) is 10.2. The van der Waals surface area contributed by atoms with E-state index < -0.39 is 18.1 Å². The molecule has 0 fully saturated rings. The third-order valence-corrected chi connectivity index (χ3v) is 6.49. The highest BCUT2D eigenvalue weighted by atomic mass is 16.6. The molecule has 1 amide bonds. The number of hydrogen-bond donors (Lipinski definition) is 1. The lowest BCUT2D eigenvalue weighted by Crippen LogP contribution is -2.40. The molecule has 6 nitrogen and oxygen atoms in total. The highest BCUT2D eigenvalue weighted by Crippen LogP contribution is 2.44. The van der Waals surface area contributed by atoms with Gasteiger partial charge in [0.15, 0.2) is 6.04 Å². The van der Waals surface area contributed by atoms with Gasteiger partial charge in [-0.05, 0) is 52.1 Å². The third kappa shape index (κ3) is 4.29. The maximum absolute atomic E-state index is 13.6. The second kappa shape index (κ2) is 9.96. The first-order chi connectivity index (χ1) is 17.6. The SMILES string of the molecule is COc1ccc(N(C(=O)OCC2c3ccccc3-c3ccccc32)C(C(=O)O)c2ccccc2)cc1. The molecule has 4 aromatic carbocycles. The molecule has 0 bridgehead atoms. The first-order valence-corrected chi connectivity index (χ1v) is 11.6. The molecule has 6 heteroatoms. The topological polar surface area (TPSA) is 76.1 Å². The van der Waals surface area contributed by atoms with Crippen LogP contribution in [0.1, 0.15) is 28.7 Å². The molecule has 1 atom stereocenters. The van der Waals surface area contributed by atoms with Crippen molar-refractivity contribution in [3.8, 4) is 16.9 Å². The van der Waals surface area contributed by atoms with Crippen molar-refractivity contribution < 1.29 is 24.2 Å². The normalized spacial score (nSPS) is 12.8. The third-order valence-electron chi connectivity index (χ3n) is 6.49. The molecule has 0 heterocycles. The fraction of sp³-hybridized carbons (Fsp3) is 0.133. The van der Waals surface area contributed by atoms with Crippen molar-refractivity contribution in [2.24, 2.45) is 0 Å². The van der Waals surface area contributed by atoms with Gasteiger partial charge in [0.05, 0.1) is 7.11 Å². The van der Waals surface area contributed by atoms with Gasteiger partial charge < -0.3 is 14.6 Å². The number of hydrogen-bond acceptors (Lipinski definition) is 4. The van der Waals surface area contributed by atoms with E-state index in [1.54, 1.807) is 61.7 Å². The first kappa shape index (κ1) is 23.2. The lowest BCUT2D eigenvalue weighted by molar-refractivity contribution is -0.138. The van der Waals surface area contributed by atoms with E-state index in [0.717, 1.165) is 22.3 Å². The van der Waals surface area contributed by atoms with Crippen LogP contribution in [0.4, 0.5) is 10.5 Å². The van der Waals surface area contributed by atoms with Crippen molar-refractivity contribution in [2.45, 2.75) is 12.0 Å². The molecule has 0 saturated heterocycles. The maximum Gasteiger partial charge on any atom is 0.415 e. The van der Waals surface area contributed by atoms with Gasteiger partial charge in [0.1, 0.15) is 12.4 Å². The molecule has 0 aromatic heterocycles. The van der Waals surface area contributed by atoms with Gasteiger partial charge in [-0.3, -0.25) is 4.90 Å². The Balaban J connectivity index is 1.48. The molecular formula is C30H25NO5. The average molecular weight is 480 g/mol. The smallest absolute Gasteiger partial charge is 0.415 e. The minimum absolute atomic E-state index is 0.0840. The van der Waals surface area contributed by atoms with Gasteiger partial charge >= 0.3 is 12.1 Å². The molecule has 0 aliphatic heterocycles. The molecule has 5 rings (SSSR count). The van der Waals surface area contributed by atoms with E-state index in [1.165, 1.54) is 4.90 Å². The van der Waals surface area contributed by atoms with E-state index in [1.807, 2.05) is 36.4 Å². The molecule has 36 heavy (non-hydrogen) atoms. The lowest BCUT2D eigenvalue weighted by atomic mass is 9.98. The van der Waals surface area contributed by atoms with Crippen molar-refractivity contribution in [1.29, 1.82) is 0 Å². The number of carboxylic acid groups (broad SMARTS) is 1. The molecule has 180 valence electrons. The number of aliphatic carboxylic acids is 1. The summed E-state index contributed by atoms with van der Waals surface area (Å²) in [6.07, 6.45) is -0.738. The van der Waals surface area contributed by atoms with Gasteiger partial charge in [0.2, 0.25) is 0 Å². The average Bonchev–Trinajstić information content (AvgIpc) is 3.24. The van der Waals surface area contributed by atoms with Crippen LogP contribution in [-0.2, 0) is 9.53 Å². The summed E-state index contributed by atoms with van der Waals surface area (Å²) in [6.45, 7) is 0.0840. The number of ether oxygens (including phenoxy) is 2. The van der Waals surface area contributed by atoms with E-state index in [0.29, 0.717) is 17.0 Å². The zero-order valence-electron chi connectivity index (χ0n) is 19.7. The Kier molecular flexibility index (Phi) is 6.41. The molecule has 1 aliphatic carbocycles. The number of nitrogens with zero attached hydrogens (tertiary/aromatic N) is 1. The lowest BCUT2D eigenvalue weighted by Gasteiger charge is -2.29. The number of methoxy groups -OCH3 is 1. The Morgan fingerprint density at radius 3 is 1.92 bits per heavy atom. The van der Waals surface area contributed by atoms with Crippen LogP contribution in [0, 0.1) is 0 Å². The van der Waals surface area contributed by atoms with Crippen LogP contribution < -0.4 is 9.64 Å². The van der Waals surface area contributed by atoms with Crippen molar-refractivity contribution >= 4 is 17.7 Å². The van der Waals surface area contributed by atoms with Crippen molar-refractivity contribution in [3.63, 3.8) is 0 Å². The van der Waals surface area contributed by atoms with Crippen LogP contribution in [-0.4, -0.2) is 30.9 Å². The predicted molar refractivity (Wildman–Crippen MR) is 137 cm³/mol. The van der Waals surface area contributed by atoms with Gasteiger partial charge in [0.25, 0.3) is 0 Å². The van der Waals surface area contributed by atoms with Crippen LogP contribution in [0.15, 0.2) is 103 Å². The Bertz CT molecular complexity index is 1340. The molecule has 4 aromatic rings. The Hall–Kier alpha value is -4.58. The van der Waals surface area contributed by atoms with Crippen LogP contribution >= 0.6 is 0 Å². The zero-order valence-corrected chi connectivity index (χ0v) is 19.7. The number of carbonyl (C=O) groups excluding carboxylic acids is 1. The summed E-state index contributed by atoms with van der Waals surface area (Å²) in [6, 6.07) is 30.2. The molecule has 1 N–H and O–H groups in total. The fourth-order valence-corrected chi connectivity index (χ4v) is 4.80. The van der Waals surface area contributed by atoms with E-state index in [9.17, 15) is 14.7 Å². The van der Waals surface area contributed by atoms with Crippen molar-refractivity contribution in [1.82, 2.24) is 0 Å². The highest BCUT2D eigenvalue weighted by Gasteiger charge is 2.35. The highest BCUT2D eigenvalue weighted by molar-refractivity contribution is 5.96. The van der Waals surface area contributed by atoms with Crippen LogP contribution in [0.2, 0.25) is 0 Å². The number of fused-ring (bicyclic) bond motifs is 3. The molecule has 0 saturated carbocycles. The fourth-order valence-electron chi connectivity index (χ4n) is 4.80. The molecule has 0 radical (unpaired) electrons. The van der Waals surface area contributed by atoms with Crippen molar-refractivity contribution in [3.05, 3.63) is 120 Å². The number of carboxylic acids is 1. The van der Waals surface area contributed by atoms with Crippen molar-refractivity contribution in [2.75, 3.05) is 18.6 Å². The summed E-state index contributed by atoms with van der Waals surface area (Å²) < 4.78 is 11.1. The number of benzene rings is 4. The summed E-state index contributed by atoms with van der Waals surface area (Å²) in [5.74, 6) is -0.706. The number of carbonyl (C=O) groups is 2.